The van der Waals surface area contributed by atoms with Crippen molar-refractivity contribution in [1.29, 1.82) is 0 Å². The van der Waals surface area contributed by atoms with E-state index >= 15 is 0 Å². The molecule has 0 spiro atoms. The second kappa shape index (κ2) is 6.88. The third-order valence-corrected chi connectivity index (χ3v) is 3.25. The van der Waals surface area contributed by atoms with Crippen LogP contribution in [0.25, 0.3) is 0 Å². The van der Waals surface area contributed by atoms with Crippen LogP contribution in [0.3, 0.4) is 0 Å². The molecule has 0 aliphatic carbocycles. The van der Waals surface area contributed by atoms with Gasteiger partial charge in [0.1, 0.15) is 11.6 Å². The minimum atomic E-state index is -0.361. The molecular weight excluding hydrogens is 269 g/mol. The molecule has 0 saturated carbocycles. The number of ether oxygens (including phenoxy) is 1. The second-order valence-electron chi connectivity index (χ2n) is 4.67. The quantitative estimate of drug-likeness (QED) is 0.815. The normalized spacial score (nSPS) is 10.2. The number of benzene rings is 2. The molecule has 110 valence electrons. The molecule has 0 aliphatic heterocycles. The average molecular weight is 287 g/mol. The van der Waals surface area contributed by atoms with E-state index in [9.17, 15) is 9.18 Å². The maximum atomic E-state index is 13.4. The lowest BCUT2D eigenvalue weighted by Crippen LogP contribution is -2.07. The van der Waals surface area contributed by atoms with Gasteiger partial charge in [0.25, 0.3) is 0 Å². The number of halogens is 1. The Labute approximate surface area is 123 Å². The Kier molecular flexibility index (Phi) is 4.93. The van der Waals surface area contributed by atoms with Gasteiger partial charge in [-0.2, -0.15) is 0 Å². The molecule has 21 heavy (non-hydrogen) atoms. The number of Topliss-reactive ketones (excluding diaryl/α,β-unsaturated/α-hetero) is 1. The first-order chi connectivity index (χ1) is 10.1. The minimum absolute atomic E-state index is 0.00719. The predicted molar refractivity (Wildman–Crippen MR) is 81.3 cm³/mol. The van der Waals surface area contributed by atoms with Gasteiger partial charge in [0.05, 0.1) is 7.11 Å². The van der Waals surface area contributed by atoms with Crippen LogP contribution >= 0.6 is 0 Å². The molecule has 0 aromatic heterocycles. The lowest BCUT2D eigenvalue weighted by molar-refractivity contribution is 0.0989. The van der Waals surface area contributed by atoms with Crippen molar-refractivity contribution < 1.29 is 13.9 Å². The molecule has 0 fully saturated rings. The molecule has 1 N–H and O–H groups in total. The van der Waals surface area contributed by atoms with Crippen LogP contribution in [0.4, 0.5) is 10.1 Å². The number of anilines is 1. The van der Waals surface area contributed by atoms with Gasteiger partial charge in [-0.3, -0.25) is 4.79 Å². The fourth-order valence-electron chi connectivity index (χ4n) is 2.04. The lowest BCUT2D eigenvalue weighted by atomic mass is 10.1. The van der Waals surface area contributed by atoms with Crippen LogP contribution in [0.15, 0.2) is 42.5 Å². The molecule has 0 atom stereocenters. The zero-order chi connectivity index (χ0) is 15.2. The van der Waals surface area contributed by atoms with E-state index in [-0.39, 0.29) is 11.6 Å². The number of ketones is 1. The Morgan fingerprint density at radius 3 is 2.52 bits per heavy atom. The van der Waals surface area contributed by atoms with Crippen LogP contribution in [-0.4, -0.2) is 12.9 Å². The summed E-state index contributed by atoms with van der Waals surface area (Å²) in [6, 6.07) is 11.8. The standard InChI is InChI=1S/C17H18FNO2/c1-3-17(20)15-9-6-13(18)10-16(15)19-11-12-4-7-14(21-2)8-5-12/h4-10,19H,3,11H2,1-2H3. The monoisotopic (exact) mass is 287 g/mol. The van der Waals surface area contributed by atoms with E-state index in [0.717, 1.165) is 11.3 Å². The molecule has 0 aliphatic rings. The van der Waals surface area contributed by atoms with Gasteiger partial charge in [0.2, 0.25) is 0 Å². The maximum absolute atomic E-state index is 13.4. The summed E-state index contributed by atoms with van der Waals surface area (Å²) in [5.41, 5.74) is 2.07. The number of rotatable bonds is 6. The molecule has 0 radical (unpaired) electrons. The van der Waals surface area contributed by atoms with Gasteiger partial charge in [-0.05, 0) is 35.9 Å². The zero-order valence-electron chi connectivity index (χ0n) is 12.2. The molecule has 4 heteroatoms. The van der Waals surface area contributed by atoms with Crippen molar-refractivity contribution >= 4 is 11.5 Å². The molecule has 0 amide bonds. The number of carbonyl (C=O) groups is 1. The van der Waals surface area contributed by atoms with E-state index in [0.29, 0.717) is 24.2 Å². The highest BCUT2D eigenvalue weighted by molar-refractivity contribution is 6.01. The topological polar surface area (TPSA) is 38.3 Å². The lowest BCUT2D eigenvalue weighted by Gasteiger charge is -2.11. The Balaban J connectivity index is 2.14. The fourth-order valence-corrected chi connectivity index (χ4v) is 2.04. The first-order valence-corrected chi connectivity index (χ1v) is 6.83. The molecule has 2 aromatic carbocycles. The SMILES string of the molecule is CCC(=O)c1ccc(F)cc1NCc1ccc(OC)cc1. The van der Waals surface area contributed by atoms with Crippen molar-refractivity contribution in [3.8, 4) is 5.75 Å². The van der Waals surface area contributed by atoms with Crippen LogP contribution in [0.1, 0.15) is 29.3 Å². The largest absolute Gasteiger partial charge is 0.497 e. The van der Waals surface area contributed by atoms with E-state index in [1.165, 1.54) is 18.2 Å². The molecular formula is C17H18FNO2. The van der Waals surface area contributed by atoms with E-state index in [1.807, 2.05) is 24.3 Å². The molecule has 2 aromatic rings. The van der Waals surface area contributed by atoms with Crippen LogP contribution < -0.4 is 10.1 Å². The average Bonchev–Trinajstić information content (AvgIpc) is 2.52. The van der Waals surface area contributed by atoms with E-state index in [1.54, 1.807) is 14.0 Å². The summed E-state index contributed by atoms with van der Waals surface area (Å²) in [4.78, 5) is 11.9. The smallest absolute Gasteiger partial charge is 0.164 e. The van der Waals surface area contributed by atoms with Crippen LogP contribution in [0.2, 0.25) is 0 Å². The summed E-state index contributed by atoms with van der Waals surface area (Å²) in [7, 11) is 1.61. The van der Waals surface area contributed by atoms with Gasteiger partial charge >= 0.3 is 0 Å². The minimum Gasteiger partial charge on any atom is -0.497 e. The number of hydrogen-bond acceptors (Lipinski definition) is 3. The van der Waals surface area contributed by atoms with Crippen LogP contribution in [-0.2, 0) is 6.54 Å². The summed E-state index contributed by atoms with van der Waals surface area (Å²) in [6.07, 6.45) is 0.392. The van der Waals surface area contributed by atoms with Crippen molar-refractivity contribution in [1.82, 2.24) is 0 Å². The highest BCUT2D eigenvalue weighted by Crippen LogP contribution is 2.20. The summed E-state index contributed by atoms with van der Waals surface area (Å²) < 4.78 is 18.5. The molecule has 0 heterocycles. The summed E-state index contributed by atoms with van der Waals surface area (Å²) in [5.74, 6) is 0.415. The zero-order valence-corrected chi connectivity index (χ0v) is 12.2. The van der Waals surface area contributed by atoms with Crippen molar-refractivity contribution in [3.63, 3.8) is 0 Å². The number of nitrogens with one attached hydrogen (secondary N) is 1. The van der Waals surface area contributed by atoms with Crippen molar-refractivity contribution in [2.45, 2.75) is 19.9 Å². The number of hydrogen-bond donors (Lipinski definition) is 1. The Hall–Kier alpha value is -2.36. The fraction of sp³-hybridized carbons (Fsp3) is 0.235. The summed E-state index contributed by atoms with van der Waals surface area (Å²) >= 11 is 0. The Morgan fingerprint density at radius 1 is 1.19 bits per heavy atom. The van der Waals surface area contributed by atoms with Gasteiger partial charge in [0, 0.05) is 24.2 Å². The van der Waals surface area contributed by atoms with Gasteiger partial charge in [-0.15, -0.1) is 0 Å². The molecule has 0 saturated heterocycles. The summed E-state index contributed by atoms with van der Waals surface area (Å²) in [6.45, 7) is 2.30. The Morgan fingerprint density at radius 2 is 1.90 bits per heavy atom. The van der Waals surface area contributed by atoms with Gasteiger partial charge in [-0.1, -0.05) is 19.1 Å². The van der Waals surface area contributed by atoms with Gasteiger partial charge in [-0.25, -0.2) is 4.39 Å². The van der Waals surface area contributed by atoms with E-state index < -0.39 is 0 Å². The molecule has 0 unspecified atom stereocenters. The number of methoxy groups -OCH3 is 1. The van der Waals surface area contributed by atoms with Gasteiger partial charge in [0.15, 0.2) is 5.78 Å². The Bertz CT molecular complexity index is 623. The number of carbonyl (C=O) groups excluding carboxylic acids is 1. The van der Waals surface area contributed by atoms with Crippen molar-refractivity contribution in [3.05, 3.63) is 59.4 Å². The molecule has 3 nitrogen and oxygen atoms in total. The van der Waals surface area contributed by atoms with Crippen molar-refractivity contribution in [2.75, 3.05) is 12.4 Å². The third kappa shape index (κ3) is 3.81. The highest BCUT2D eigenvalue weighted by atomic mass is 19.1. The van der Waals surface area contributed by atoms with Crippen LogP contribution in [0.5, 0.6) is 5.75 Å². The van der Waals surface area contributed by atoms with Crippen molar-refractivity contribution in [2.24, 2.45) is 0 Å². The predicted octanol–water partition coefficient (Wildman–Crippen LogP) is 4.04. The molecule has 2 rings (SSSR count). The van der Waals surface area contributed by atoms with Crippen LogP contribution in [0, 0.1) is 5.82 Å². The maximum Gasteiger partial charge on any atom is 0.164 e. The molecule has 0 bridgehead atoms. The third-order valence-electron chi connectivity index (χ3n) is 3.25. The first-order valence-electron chi connectivity index (χ1n) is 6.83. The highest BCUT2D eigenvalue weighted by Gasteiger charge is 2.10. The van der Waals surface area contributed by atoms with E-state index in [2.05, 4.69) is 5.32 Å². The second-order valence-corrected chi connectivity index (χ2v) is 4.67. The van der Waals surface area contributed by atoms with Gasteiger partial charge < -0.3 is 10.1 Å². The van der Waals surface area contributed by atoms with E-state index in [4.69, 9.17) is 4.74 Å². The summed E-state index contributed by atoms with van der Waals surface area (Å²) in [5, 5.41) is 3.12. The first kappa shape index (κ1) is 15.0.